The highest BCUT2D eigenvalue weighted by Gasteiger charge is 2.11. The summed E-state index contributed by atoms with van der Waals surface area (Å²) in [4.78, 5) is 14.7. The van der Waals surface area contributed by atoms with Gasteiger partial charge in [-0.3, -0.25) is 9.78 Å². The Kier molecular flexibility index (Phi) is 11.5. The van der Waals surface area contributed by atoms with Crippen LogP contribution >= 0.6 is 11.6 Å². The Morgan fingerprint density at radius 3 is 2.58 bits per heavy atom. The molecule has 0 spiro atoms. The van der Waals surface area contributed by atoms with Crippen LogP contribution < -0.4 is 5.73 Å². The molecule has 0 saturated carbocycles. The van der Waals surface area contributed by atoms with Gasteiger partial charge in [-0.2, -0.15) is 0 Å². The molecule has 0 radical (unpaired) electrons. The number of aromatic nitrogens is 1. The zero-order valence-corrected chi connectivity index (χ0v) is 12.7. The lowest BCUT2D eigenvalue weighted by molar-refractivity contribution is -0.115. The summed E-state index contributed by atoms with van der Waals surface area (Å²) in [5.74, 6) is 0.0987. The molecule has 1 aromatic rings. The molecule has 0 saturated heterocycles. The fourth-order valence-corrected chi connectivity index (χ4v) is 1.89. The van der Waals surface area contributed by atoms with Gasteiger partial charge in [0.2, 0.25) is 5.24 Å². The van der Waals surface area contributed by atoms with Crippen molar-refractivity contribution in [1.29, 1.82) is 0 Å². The van der Waals surface area contributed by atoms with E-state index in [1.165, 1.54) is 0 Å². The van der Waals surface area contributed by atoms with Gasteiger partial charge in [-0.25, -0.2) is 0 Å². The minimum absolute atomic E-state index is 0.0987. The number of carbonyl (C=O) groups excluding carboxylic acids is 1. The van der Waals surface area contributed by atoms with Crippen LogP contribution in [-0.4, -0.2) is 16.8 Å². The summed E-state index contributed by atoms with van der Waals surface area (Å²) in [6, 6.07) is 5.85. The molecule has 4 heteroatoms. The first-order valence-electron chi connectivity index (χ1n) is 6.94. The van der Waals surface area contributed by atoms with Crippen LogP contribution in [0.5, 0.6) is 0 Å². The molecule has 19 heavy (non-hydrogen) atoms. The van der Waals surface area contributed by atoms with E-state index in [9.17, 15) is 4.79 Å². The Labute approximate surface area is 121 Å². The van der Waals surface area contributed by atoms with E-state index in [1.807, 2.05) is 25.1 Å². The van der Waals surface area contributed by atoms with Gasteiger partial charge in [0.15, 0.2) is 0 Å². The maximum atomic E-state index is 10.6. The van der Waals surface area contributed by atoms with Gasteiger partial charge in [-0.05, 0) is 43.1 Å². The van der Waals surface area contributed by atoms with Crippen molar-refractivity contribution in [2.45, 2.75) is 46.0 Å². The first-order chi connectivity index (χ1) is 9.15. The molecule has 2 N–H and O–H groups in total. The SMILES string of the molecule is CCCCC(CC)C(=O)Cl.NCCc1ccccn1. The largest absolute Gasteiger partial charge is 0.330 e. The number of hydrogen-bond acceptors (Lipinski definition) is 3. The zero-order chi connectivity index (χ0) is 14.5. The summed E-state index contributed by atoms with van der Waals surface area (Å²) < 4.78 is 0. The van der Waals surface area contributed by atoms with E-state index in [-0.39, 0.29) is 11.2 Å². The van der Waals surface area contributed by atoms with Crippen LogP contribution in [-0.2, 0) is 11.2 Å². The van der Waals surface area contributed by atoms with Crippen molar-refractivity contribution >= 4 is 16.8 Å². The molecule has 1 aromatic heterocycles. The number of hydrogen-bond donors (Lipinski definition) is 1. The topological polar surface area (TPSA) is 56.0 Å². The van der Waals surface area contributed by atoms with Crippen molar-refractivity contribution in [1.82, 2.24) is 4.98 Å². The molecule has 1 heterocycles. The predicted octanol–water partition coefficient (Wildman–Crippen LogP) is 3.55. The van der Waals surface area contributed by atoms with Crippen molar-refractivity contribution in [3.05, 3.63) is 30.1 Å². The molecule has 0 aliphatic carbocycles. The summed E-state index contributed by atoms with van der Waals surface area (Å²) in [6.45, 7) is 4.79. The normalized spacial score (nSPS) is 11.4. The van der Waals surface area contributed by atoms with Crippen LogP contribution in [0.4, 0.5) is 0 Å². The summed E-state index contributed by atoms with van der Waals surface area (Å²) in [7, 11) is 0. The Morgan fingerprint density at radius 1 is 1.42 bits per heavy atom. The Balaban J connectivity index is 0.000000342. The lowest BCUT2D eigenvalue weighted by Gasteiger charge is -2.06. The van der Waals surface area contributed by atoms with Gasteiger partial charge in [-0.1, -0.05) is 32.8 Å². The van der Waals surface area contributed by atoms with E-state index in [0.29, 0.717) is 6.54 Å². The molecule has 3 nitrogen and oxygen atoms in total. The van der Waals surface area contributed by atoms with Crippen LogP contribution in [0, 0.1) is 5.92 Å². The third-order valence-electron chi connectivity index (χ3n) is 2.85. The first-order valence-corrected chi connectivity index (χ1v) is 7.32. The molecule has 0 bridgehead atoms. The monoisotopic (exact) mass is 284 g/mol. The van der Waals surface area contributed by atoms with Gasteiger partial charge in [0.25, 0.3) is 0 Å². The third kappa shape index (κ3) is 9.62. The fourth-order valence-electron chi connectivity index (χ4n) is 1.62. The van der Waals surface area contributed by atoms with Crippen molar-refractivity contribution < 1.29 is 4.79 Å². The number of rotatable bonds is 7. The van der Waals surface area contributed by atoms with Crippen molar-refractivity contribution in [3.63, 3.8) is 0 Å². The van der Waals surface area contributed by atoms with Crippen molar-refractivity contribution in [2.24, 2.45) is 11.7 Å². The average molecular weight is 285 g/mol. The van der Waals surface area contributed by atoms with E-state index in [2.05, 4.69) is 11.9 Å². The van der Waals surface area contributed by atoms with Gasteiger partial charge < -0.3 is 5.73 Å². The number of nitrogens with two attached hydrogens (primary N) is 1. The number of unbranched alkanes of at least 4 members (excludes halogenated alkanes) is 1. The second-order valence-corrected chi connectivity index (χ2v) is 4.78. The van der Waals surface area contributed by atoms with Gasteiger partial charge >= 0.3 is 0 Å². The second-order valence-electron chi connectivity index (χ2n) is 4.41. The molecule has 1 atom stereocenters. The summed E-state index contributed by atoms with van der Waals surface area (Å²) in [6.07, 6.45) is 6.74. The van der Waals surface area contributed by atoms with Gasteiger partial charge in [0, 0.05) is 24.2 Å². The van der Waals surface area contributed by atoms with E-state index < -0.39 is 0 Å². The highest BCUT2D eigenvalue weighted by molar-refractivity contribution is 6.63. The van der Waals surface area contributed by atoms with Crippen molar-refractivity contribution in [2.75, 3.05) is 6.54 Å². The fraction of sp³-hybridized carbons (Fsp3) is 0.600. The number of nitrogens with zero attached hydrogens (tertiary/aromatic N) is 1. The standard InChI is InChI=1S/C8H15ClO.C7H10N2/c1-3-5-6-7(4-2)8(9)10;8-5-4-7-3-1-2-6-9-7/h7H,3-6H2,1-2H3;1-3,6H,4-5,8H2. The Hall–Kier alpha value is -0.930. The Morgan fingerprint density at radius 2 is 2.16 bits per heavy atom. The lowest BCUT2D eigenvalue weighted by atomic mass is 10.0. The minimum Gasteiger partial charge on any atom is -0.330 e. The van der Waals surface area contributed by atoms with Gasteiger partial charge in [-0.15, -0.1) is 0 Å². The van der Waals surface area contributed by atoms with Crippen LogP contribution in [0.1, 0.15) is 45.2 Å². The number of halogens is 1. The maximum Gasteiger partial charge on any atom is 0.224 e. The second kappa shape index (κ2) is 12.1. The average Bonchev–Trinajstić information content (AvgIpc) is 2.41. The van der Waals surface area contributed by atoms with Crippen LogP contribution in [0.3, 0.4) is 0 Å². The lowest BCUT2D eigenvalue weighted by Crippen LogP contribution is -2.06. The molecular formula is C15H25ClN2O. The Bertz CT molecular complexity index is 330. The van der Waals surface area contributed by atoms with Crippen LogP contribution in [0.2, 0.25) is 0 Å². The molecule has 0 aliphatic heterocycles. The van der Waals surface area contributed by atoms with Crippen molar-refractivity contribution in [3.8, 4) is 0 Å². The third-order valence-corrected chi connectivity index (χ3v) is 3.16. The van der Waals surface area contributed by atoms with E-state index in [1.54, 1.807) is 6.20 Å². The van der Waals surface area contributed by atoms with Crippen LogP contribution in [0.15, 0.2) is 24.4 Å². The molecule has 0 fully saturated rings. The molecule has 0 aromatic carbocycles. The zero-order valence-electron chi connectivity index (χ0n) is 11.9. The summed E-state index contributed by atoms with van der Waals surface area (Å²) >= 11 is 5.34. The molecule has 0 amide bonds. The van der Waals surface area contributed by atoms with E-state index in [4.69, 9.17) is 17.3 Å². The number of pyridine rings is 1. The number of carbonyl (C=O) groups is 1. The molecular weight excluding hydrogens is 260 g/mol. The molecule has 108 valence electrons. The van der Waals surface area contributed by atoms with Gasteiger partial charge in [0.05, 0.1) is 0 Å². The molecule has 0 aliphatic rings. The first kappa shape index (κ1) is 18.1. The summed E-state index contributed by atoms with van der Waals surface area (Å²) in [5.41, 5.74) is 6.39. The predicted molar refractivity (Wildman–Crippen MR) is 81.2 cm³/mol. The van der Waals surface area contributed by atoms with Crippen LogP contribution in [0.25, 0.3) is 0 Å². The smallest absolute Gasteiger partial charge is 0.224 e. The molecule has 1 unspecified atom stereocenters. The highest BCUT2D eigenvalue weighted by Crippen LogP contribution is 2.14. The van der Waals surface area contributed by atoms with E-state index >= 15 is 0 Å². The maximum absolute atomic E-state index is 10.6. The molecule has 1 rings (SSSR count). The highest BCUT2D eigenvalue weighted by atomic mass is 35.5. The van der Waals surface area contributed by atoms with E-state index in [0.717, 1.165) is 37.8 Å². The van der Waals surface area contributed by atoms with Gasteiger partial charge in [0.1, 0.15) is 0 Å². The summed E-state index contributed by atoms with van der Waals surface area (Å²) in [5, 5.41) is -0.170. The quantitative estimate of drug-likeness (QED) is 0.779. The minimum atomic E-state index is -0.170.